The molecule has 0 aromatic heterocycles. The van der Waals surface area contributed by atoms with Crippen LogP contribution in [0.3, 0.4) is 0 Å². The molecule has 0 bridgehead atoms. The molecule has 0 saturated heterocycles. The number of halogens is 1. The van der Waals surface area contributed by atoms with Crippen LogP contribution < -0.4 is 4.74 Å². The minimum Gasteiger partial charge on any atom is -0.493 e. The highest BCUT2D eigenvalue weighted by Gasteiger charge is 2.30. The van der Waals surface area contributed by atoms with Crippen molar-refractivity contribution in [1.82, 2.24) is 0 Å². The fourth-order valence-corrected chi connectivity index (χ4v) is 3.23. The second-order valence-corrected chi connectivity index (χ2v) is 6.14. The van der Waals surface area contributed by atoms with Crippen LogP contribution in [0.5, 0.6) is 5.75 Å². The average molecular weight is 347 g/mol. The van der Waals surface area contributed by atoms with Gasteiger partial charge in [-0.3, -0.25) is 4.79 Å². The van der Waals surface area contributed by atoms with Crippen LogP contribution in [0, 0.1) is 0 Å². The third kappa shape index (κ3) is 2.95. The highest BCUT2D eigenvalue weighted by molar-refractivity contribution is 9.10. The van der Waals surface area contributed by atoms with Crippen molar-refractivity contribution >= 4 is 21.9 Å². The molecular weight excluding hydrogens is 332 g/mol. The van der Waals surface area contributed by atoms with E-state index in [-0.39, 0.29) is 5.92 Å². The van der Waals surface area contributed by atoms with Crippen LogP contribution in [0.1, 0.15) is 29.4 Å². The van der Waals surface area contributed by atoms with E-state index < -0.39 is 11.9 Å². The summed E-state index contributed by atoms with van der Waals surface area (Å²) < 4.78 is 6.55. The van der Waals surface area contributed by atoms with E-state index in [4.69, 9.17) is 4.74 Å². The van der Waals surface area contributed by atoms with Crippen LogP contribution in [0.2, 0.25) is 0 Å². The number of rotatable bonds is 4. The quantitative estimate of drug-likeness (QED) is 0.902. The largest absolute Gasteiger partial charge is 0.493 e. The zero-order valence-corrected chi connectivity index (χ0v) is 12.9. The Morgan fingerprint density at radius 1 is 1.29 bits per heavy atom. The fourth-order valence-electron chi connectivity index (χ4n) is 2.81. The topological polar surface area (TPSA) is 46.5 Å². The van der Waals surface area contributed by atoms with Gasteiger partial charge in [0, 0.05) is 16.0 Å². The van der Waals surface area contributed by atoms with Crippen molar-refractivity contribution < 1.29 is 14.6 Å². The number of hydrogen-bond acceptors (Lipinski definition) is 2. The Bertz CT molecular complexity index is 669. The molecule has 0 aliphatic carbocycles. The summed E-state index contributed by atoms with van der Waals surface area (Å²) in [5, 5.41) is 9.57. The van der Waals surface area contributed by atoms with Crippen molar-refractivity contribution in [1.29, 1.82) is 0 Å². The highest BCUT2D eigenvalue weighted by Crippen LogP contribution is 2.39. The Morgan fingerprint density at radius 3 is 2.86 bits per heavy atom. The van der Waals surface area contributed by atoms with E-state index in [9.17, 15) is 9.90 Å². The number of aliphatic carboxylic acids is 1. The SMILES string of the molecule is O=C(O)C(CC1COc2ccccc21)c1cccc(Br)c1. The summed E-state index contributed by atoms with van der Waals surface area (Å²) in [7, 11) is 0. The molecule has 2 atom stereocenters. The van der Waals surface area contributed by atoms with Gasteiger partial charge in [0.05, 0.1) is 12.5 Å². The minimum absolute atomic E-state index is 0.126. The van der Waals surface area contributed by atoms with Gasteiger partial charge in [0.25, 0.3) is 0 Å². The molecule has 1 aliphatic heterocycles. The maximum Gasteiger partial charge on any atom is 0.310 e. The summed E-state index contributed by atoms with van der Waals surface area (Å²) in [6, 6.07) is 15.4. The van der Waals surface area contributed by atoms with Crippen LogP contribution in [-0.2, 0) is 4.79 Å². The first-order chi connectivity index (χ1) is 10.1. The van der Waals surface area contributed by atoms with Gasteiger partial charge >= 0.3 is 5.97 Å². The molecule has 0 saturated carbocycles. The maximum atomic E-state index is 11.7. The average Bonchev–Trinajstić information content (AvgIpc) is 2.87. The molecule has 1 N–H and O–H groups in total. The number of carbonyl (C=O) groups is 1. The van der Waals surface area contributed by atoms with Crippen molar-refractivity contribution in [2.24, 2.45) is 0 Å². The van der Waals surface area contributed by atoms with Crippen LogP contribution in [0.15, 0.2) is 53.0 Å². The van der Waals surface area contributed by atoms with Crippen molar-refractivity contribution in [3.63, 3.8) is 0 Å². The zero-order chi connectivity index (χ0) is 14.8. The van der Waals surface area contributed by atoms with Gasteiger partial charge in [0.15, 0.2) is 0 Å². The summed E-state index contributed by atoms with van der Waals surface area (Å²) in [5.41, 5.74) is 1.93. The van der Waals surface area contributed by atoms with Crippen LogP contribution >= 0.6 is 15.9 Å². The maximum absolute atomic E-state index is 11.7. The molecule has 0 spiro atoms. The van der Waals surface area contributed by atoms with E-state index in [0.29, 0.717) is 13.0 Å². The number of para-hydroxylation sites is 1. The van der Waals surface area contributed by atoms with E-state index in [1.54, 1.807) is 0 Å². The Hall–Kier alpha value is -1.81. The molecule has 4 heteroatoms. The first kappa shape index (κ1) is 14.1. The molecule has 1 heterocycles. The standard InChI is InChI=1S/C17H15BrO3/c18-13-5-3-4-11(8-13)15(17(19)20)9-12-10-21-16-7-2-1-6-14(12)16/h1-8,12,15H,9-10H2,(H,19,20). The van der Waals surface area contributed by atoms with E-state index in [1.807, 2.05) is 48.5 Å². The Labute approximate surface area is 131 Å². The molecule has 3 rings (SSSR count). The Morgan fingerprint density at radius 2 is 2.10 bits per heavy atom. The fraction of sp³-hybridized carbons (Fsp3) is 0.235. The van der Waals surface area contributed by atoms with Gasteiger partial charge in [-0.1, -0.05) is 46.3 Å². The number of fused-ring (bicyclic) bond motifs is 1. The third-order valence-corrected chi connectivity index (χ3v) is 4.36. The van der Waals surface area contributed by atoms with Gasteiger partial charge in [-0.15, -0.1) is 0 Å². The lowest BCUT2D eigenvalue weighted by molar-refractivity contribution is -0.139. The lowest BCUT2D eigenvalue weighted by atomic mass is 9.86. The van der Waals surface area contributed by atoms with Crippen LogP contribution in [-0.4, -0.2) is 17.7 Å². The molecule has 0 radical (unpaired) electrons. The lowest BCUT2D eigenvalue weighted by Gasteiger charge is -2.17. The molecule has 3 nitrogen and oxygen atoms in total. The number of benzene rings is 2. The second-order valence-electron chi connectivity index (χ2n) is 5.23. The molecule has 2 aromatic carbocycles. The van der Waals surface area contributed by atoms with Gasteiger partial charge in [-0.2, -0.15) is 0 Å². The first-order valence-electron chi connectivity index (χ1n) is 6.85. The van der Waals surface area contributed by atoms with Crippen molar-refractivity contribution in [2.45, 2.75) is 18.3 Å². The van der Waals surface area contributed by atoms with Gasteiger partial charge in [-0.25, -0.2) is 0 Å². The molecule has 1 aliphatic rings. The molecule has 21 heavy (non-hydrogen) atoms. The zero-order valence-electron chi connectivity index (χ0n) is 11.3. The van der Waals surface area contributed by atoms with E-state index in [1.165, 1.54) is 0 Å². The van der Waals surface area contributed by atoms with Crippen molar-refractivity contribution in [3.05, 3.63) is 64.1 Å². The van der Waals surface area contributed by atoms with Gasteiger partial charge in [0.2, 0.25) is 0 Å². The summed E-state index contributed by atoms with van der Waals surface area (Å²) in [4.78, 5) is 11.7. The normalized spacial score (nSPS) is 17.9. The Kier molecular flexibility index (Phi) is 3.97. The summed E-state index contributed by atoms with van der Waals surface area (Å²) in [6.07, 6.45) is 0.544. The van der Waals surface area contributed by atoms with Crippen LogP contribution in [0.25, 0.3) is 0 Å². The third-order valence-electron chi connectivity index (χ3n) is 3.87. The number of carboxylic acid groups (broad SMARTS) is 1. The summed E-state index contributed by atoms with van der Waals surface area (Å²) in [5.74, 6) is -0.318. The van der Waals surface area contributed by atoms with Crippen LogP contribution in [0.4, 0.5) is 0 Å². The predicted octanol–water partition coefficient (Wildman–Crippen LogP) is 4.18. The smallest absolute Gasteiger partial charge is 0.310 e. The Balaban J connectivity index is 1.86. The summed E-state index contributed by atoms with van der Waals surface area (Å²) in [6.45, 7) is 0.553. The first-order valence-corrected chi connectivity index (χ1v) is 7.64. The van der Waals surface area contributed by atoms with Gasteiger partial charge in [0.1, 0.15) is 5.75 Å². The molecule has 2 unspecified atom stereocenters. The molecule has 2 aromatic rings. The van der Waals surface area contributed by atoms with Gasteiger partial charge < -0.3 is 9.84 Å². The van der Waals surface area contributed by atoms with Gasteiger partial charge in [-0.05, 0) is 30.2 Å². The summed E-state index contributed by atoms with van der Waals surface area (Å²) >= 11 is 3.40. The lowest BCUT2D eigenvalue weighted by Crippen LogP contribution is -2.16. The van der Waals surface area contributed by atoms with E-state index in [0.717, 1.165) is 21.3 Å². The monoisotopic (exact) mass is 346 g/mol. The van der Waals surface area contributed by atoms with E-state index >= 15 is 0 Å². The number of carboxylic acids is 1. The minimum atomic E-state index is -0.794. The molecule has 0 fully saturated rings. The molecule has 0 amide bonds. The number of hydrogen-bond donors (Lipinski definition) is 1. The highest BCUT2D eigenvalue weighted by atomic mass is 79.9. The predicted molar refractivity (Wildman–Crippen MR) is 83.8 cm³/mol. The second kappa shape index (κ2) is 5.90. The van der Waals surface area contributed by atoms with Crippen molar-refractivity contribution in [2.75, 3.05) is 6.61 Å². The molecule has 108 valence electrons. The molecular formula is C17H15BrO3. The van der Waals surface area contributed by atoms with E-state index in [2.05, 4.69) is 15.9 Å². The number of ether oxygens (including phenoxy) is 1. The van der Waals surface area contributed by atoms with Crippen molar-refractivity contribution in [3.8, 4) is 5.75 Å².